The summed E-state index contributed by atoms with van der Waals surface area (Å²) in [6.07, 6.45) is 3.12. The third-order valence-corrected chi connectivity index (χ3v) is 2.71. The first kappa shape index (κ1) is 12.0. The Bertz CT molecular complexity index is 174. The van der Waals surface area contributed by atoms with Crippen LogP contribution in [0, 0.1) is 5.92 Å². The second kappa shape index (κ2) is 4.60. The van der Waals surface area contributed by atoms with Gasteiger partial charge in [0.15, 0.2) is 12.1 Å². The van der Waals surface area contributed by atoms with Crippen LogP contribution in [-0.4, -0.2) is 23.3 Å². The number of hydrogen-bond donors (Lipinski definition) is 1. The van der Waals surface area contributed by atoms with E-state index < -0.39 is 5.79 Å². The summed E-state index contributed by atoms with van der Waals surface area (Å²) < 4.78 is 11.1. The minimum Gasteiger partial charge on any atom is -0.366 e. The molecule has 84 valence electrons. The molecule has 0 amide bonds. The van der Waals surface area contributed by atoms with E-state index >= 15 is 0 Å². The zero-order valence-electron chi connectivity index (χ0n) is 9.62. The van der Waals surface area contributed by atoms with E-state index in [0.717, 1.165) is 19.3 Å². The molecule has 0 aromatic heterocycles. The molecule has 14 heavy (non-hydrogen) atoms. The van der Waals surface area contributed by atoms with Crippen molar-refractivity contribution in [1.29, 1.82) is 0 Å². The van der Waals surface area contributed by atoms with Crippen molar-refractivity contribution in [3.63, 3.8) is 0 Å². The maximum absolute atomic E-state index is 9.46. The minimum absolute atomic E-state index is 0.228. The van der Waals surface area contributed by atoms with Crippen molar-refractivity contribution in [2.24, 2.45) is 5.92 Å². The number of ether oxygens (including phenoxy) is 2. The zero-order valence-corrected chi connectivity index (χ0v) is 9.62. The molecule has 1 aliphatic heterocycles. The largest absolute Gasteiger partial charge is 0.366 e. The Morgan fingerprint density at radius 3 is 2.64 bits per heavy atom. The number of rotatable bonds is 4. The highest BCUT2D eigenvalue weighted by Crippen LogP contribution is 2.29. The van der Waals surface area contributed by atoms with Crippen LogP contribution < -0.4 is 0 Å². The van der Waals surface area contributed by atoms with Gasteiger partial charge in [0, 0.05) is 6.42 Å². The Kier molecular flexibility index (Phi) is 3.93. The van der Waals surface area contributed by atoms with Crippen molar-refractivity contribution in [3.8, 4) is 0 Å². The molecule has 1 saturated heterocycles. The lowest BCUT2D eigenvalue weighted by molar-refractivity contribution is -0.271. The first-order valence-electron chi connectivity index (χ1n) is 5.48. The summed E-state index contributed by atoms with van der Waals surface area (Å²) in [6, 6.07) is 0. The van der Waals surface area contributed by atoms with E-state index in [1.807, 2.05) is 0 Å². The van der Waals surface area contributed by atoms with E-state index in [1.165, 1.54) is 0 Å². The van der Waals surface area contributed by atoms with E-state index in [2.05, 4.69) is 13.8 Å². The first-order valence-corrected chi connectivity index (χ1v) is 5.48. The molecule has 1 N–H and O–H groups in total. The van der Waals surface area contributed by atoms with Crippen LogP contribution >= 0.6 is 0 Å². The van der Waals surface area contributed by atoms with Crippen LogP contribution in [0.4, 0.5) is 0 Å². The molecular weight excluding hydrogens is 180 g/mol. The summed E-state index contributed by atoms with van der Waals surface area (Å²) in [7, 11) is 0. The van der Waals surface area contributed by atoms with Crippen LogP contribution in [0.5, 0.6) is 0 Å². The van der Waals surface area contributed by atoms with Crippen LogP contribution in [0.25, 0.3) is 0 Å². The third kappa shape index (κ3) is 3.56. The lowest BCUT2D eigenvalue weighted by Crippen LogP contribution is -2.30. The molecule has 0 saturated carbocycles. The van der Waals surface area contributed by atoms with Gasteiger partial charge in [-0.1, -0.05) is 20.3 Å². The van der Waals surface area contributed by atoms with Crippen LogP contribution in [0.2, 0.25) is 0 Å². The van der Waals surface area contributed by atoms with E-state index in [4.69, 9.17) is 9.47 Å². The van der Waals surface area contributed by atoms with Crippen molar-refractivity contribution >= 4 is 0 Å². The average molecular weight is 202 g/mol. The van der Waals surface area contributed by atoms with Gasteiger partial charge in [-0.2, -0.15) is 0 Å². The fraction of sp³-hybridized carbons (Fsp3) is 1.00. The van der Waals surface area contributed by atoms with E-state index in [1.54, 1.807) is 13.8 Å². The highest BCUT2D eigenvalue weighted by Gasteiger charge is 2.32. The van der Waals surface area contributed by atoms with Crippen LogP contribution in [0.15, 0.2) is 0 Å². The van der Waals surface area contributed by atoms with Gasteiger partial charge in [0.05, 0.1) is 6.10 Å². The average Bonchev–Trinajstić information content (AvgIpc) is 2.48. The second-order valence-corrected chi connectivity index (χ2v) is 4.63. The van der Waals surface area contributed by atoms with Gasteiger partial charge in [-0.3, -0.25) is 0 Å². The van der Waals surface area contributed by atoms with Crippen molar-refractivity contribution in [1.82, 2.24) is 0 Å². The molecule has 0 unspecified atom stereocenters. The van der Waals surface area contributed by atoms with Crippen molar-refractivity contribution < 1.29 is 14.6 Å². The Morgan fingerprint density at radius 1 is 1.50 bits per heavy atom. The minimum atomic E-state index is -1.09. The zero-order chi connectivity index (χ0) is 10.8. The van der Waals surface area contributed by atoms with Gasteiger partial charge in [-0.25, -0.2) is 0 Å². The van der Waals surface area contributed by atoms with Crippen molar-refractivity contribution in [2.75, 3.05) is 0 Å². The summed E-state index contributed by atoms with van der Waals surface area (Å²) >= 11 is 0. The molecule has 0 bridgehead atoms. The van der Waals surface area contributed by atoms with Crippen molar-refractivity contribution in [3.05, 3.63) is 0 Å². The molecule has 0 spiro atoms. The third-order valence-electron chi connectivity index (χ3n) is 2.71. The monoisotopic (exact) mass is 202 g/mol. The van der Waals surface area contributed by atoms with Crippen molar-refractivity contribution in [2.45, 2.75) is 65.1 Å². The van der Waals surface area contributed by atoms with Gasteiger partial charge in [-0.15, -0.1) is 0 Å². The van der Waals surface area contributed by atoms with Gasteiger partial charge < -0.3 is 14.6 Å². The first-order chi connectivity index (χ1) is 6.42. The van der Waals surface area contributed by atoms with Crippen LogP contribution in [0.1, 0.15) is 47.0 Å². The molecule has 1 rings (SSSR count). The summed E-state index contributed by atoms with van der Waals surface area (Å²) in [5, 5.41) is 9.46. The molecule has 3 atom stereocenters. The Labute approximate surface area is 86.4 Å². The molecule has 1 aliphatic rings. The summed E-state index contributed by atoms with van der Waals surface area (Å²) in [4.78, 5) is 0. The fourth-order valence-corrected chi connectivity index (χ4v) is 1.72. The normalized spacial score (nSPS) is 30.6. The quantitative estimate of drug-likeness (QED) is 0.711. The van der Waals surface area contributed by atoms with Gasteiger partial charge >= 0.3 is 0 Å². The van der Waals surface area contributed by atoms with E-state index in [-0.39, 0.29) is 6.29 Å². The second-order valence-electron chi connectivity index (χ2n) is 4.63. The van der Waals surface area contributed by atoms with Crippen LogP contribution in [-0.2, 0) is 9.47 Å². The topological polar surface area (TPSA) is 38.7 Å². The molecule has 0 radical (unpaired) electrons. The summed E-state index contributed by atoms with van der Waals surface area (Å²) in [5.74, 6) is -0.514. The van der Waals surface area contributed by atoms with Gasteiger partial charge in [0.2, 0.25) is 0 Å². The molecule has 1 fully saturated rings. The Morgan fingerprint density at radius 2 is 2.14 bits per heavy atom. The van der Waals surface area contributed by atoms with Gasteiger partial charge in [0.25, 0.3) is 0 Å². The highest BCUT2D eigenvalue weighted by atomic mass is 16.7. The molecule has 1 heterocycles. The molecule has 0 aliphatic carbocycles. The predicted octanol–water partition coefficient (Wildman–Crippen LogP) is 2.28. The smallest absolute Gasteiger partial charge is 0.162 e. The lowest BCUT2D eigenvalue weighted by atomic mass is 10.00. The lowest BCUT2D eigenvalue weighted by Gasteiger charge is -2.24. The number of aliphatic hydroxyl groups is 1. The molecule has 3 heteroatoms. The summed E-state index contributed by atoms with van der Waals surface area (Å²) in [6.45, 7) is 7.62. The fourth-order valence-electron chi connectivity index (χ4n) is 1.72. The molecule has 3 nitrogen and oxygen atoms in total. The van der Waals surface area contributed by atoms with Gasteiger partial charge in [-0.05, 0) is 26.2 Å². The standard InChI is InChI=1S/C11H22O3/c1-5-8(2)9-6-7-10(13-9)14-11(3,4)12/h8-10,12H,5-7H2,1-4H3/t8-,9-,10+/m0/s1. The van der Waals surface area contributed by atoms with Crippen LogP contribution in [0.3, 0.4) is 0 Å². The molecule has 0 aromatic carbocycles. The maximum Gasteiger partial charge on any atom is 0.162 e. The van der Waals surface area contributed by atoms with Gasteiger partial charge in [0.1, 0.15) is 0 Å². The SMILES string of the molecule is CC[C@H](C)[C@@H]1CC[C@@H](OC(C)(C)O)O1. The van der Waals surface area contributed by atoms with E-state index in [9.17, 15) is 5.11 Å². The van der Waals surface area contributed by atoms with E-state index in [0.29, 0.717) is 12.0 Å². The number of hydrogen-bond acceptors (Lipinski definition) is 3. The Balaban J connectivity index is 2.34. The molecule has 0 aromatic rings. The summed E-state index contributed by atoms with van der Waals surface area (Å²) in [5.41, 5.74) is 0. The molecular formula is C11H22O3. The maximum atomic E-state index is 9.46. The Hall–Kier alpha value is -0.120. The predicted molar refractivity (Wildman–Crippen MR) is 54.7 cm³/mol. The highest BCUT2D eigenvalue weighted by molar-refractivity contribution is 4.73.